The maximum absolute atomic E-state index is 12.1. The lowest BCUT2D eigenvalue weighted by atomic mass is 10.1. The summed E-state index contributed by atoms with van der Waals surface area (Å²) in [6.45, 7) is 0.143. The number of pyridine rings is 1. The maximum atomic E-state index is 12.1. The number of ether oxygens (including phenoxy) is 2. The van der Waals surface area contributed by atoms with Crippen molar-refractivity contribution in [1.82, 2.24) is 4.98 Å². The van der Waals surface area contributed by atoms with Gasteiger partial charge < -0.3 is 20.5 Å². The zero-order chi connectivity index (χ0) is 13.2. The number of nitrogens with one attached hydrogen (secondary N) is 1. The van der Waals surface area contributed by atoms with Crippen molar-refractivity contribution in [3.05, 3.63) is 42.2 Å². The number of aromatic nitrogens is 1. The normalized spacial score (nSPS) is 12.2. The van der Waals surface area contributed by atoms with Crippen LogP contribution >= 0.6 is 0 Å². The number of hydrogen-bond donors (Lipinski definition) is 2. The van der Waals surface area contributed by atoms with Crippen LogP contribution in [0.2, 0.25) is 0 Å². The molecule has 0 saturated heterocycles. The van der Waals surface area contributed by atoms with Gasteiger partial charge in [-0.25, -0.2) is 0 Å². The standard InChI is InChI=1S/C13H11N3O3/c14-10-6-12-11(18-7-19-12)5-9(10)13(17)16-8-1-3-15-4-2-8/h1-6H,7,14H2,(H,15,16,17). The minimum atomic E-state index is -0.304. The Balaban J connectivity index is 1.88. The molecule has 0 bridgehead atoms. The molecular formula is C13H11N3O3. The van der Waals surface area contributed by atoms with Gasteiger partial charge in [0.25, 0.3) is 5.91 Å². The molecule has 96 valence electrons. The Hall–Kier alpha value is -2.76. The molecule has 1 aromatic heterocycles. The number of anilines is 2. The van der Waals surface area contributed by atoms with E-state index in [2.05, 4.69) is 10.3 Å². The number of fused-ring (bicyclic) bond motifs is 1. The van der Waals surface area contributed by atoms with Crippen molar-refractivity contribution in [2.75, 3.05) is 17.8 Å². The lowest BCUT2D eigenvalue weighted by molar-refractivity contribution is 0.102. The number of carbonyl (C=O) groups excluding carboxylic acids is 1. The minimum Gasteiger partial charge on any atom is -0.454 e. The van der Waals surface area contributed by atoms with Gasteiger partial charge in [0.05, 0.1) is 5.56 Å². The Morgan fingerprint density at radius 1 is 1.21 bits per heavy atom. The lowest BCUT2D eigenvalue weighted by Gasteiger charge is -2.08. The van der Waals surface area contributed by atoms with Crippen LogP contribution in [0.5, 0.6) is 11.5 Å². The van der Waals surface area contributed by atoms with Gasteiger partial charge in [-0.2, -0.15) is 0 Å². The van der Waals surface area contributed by atoms with Crippen molar-refractivity contribution in [1.29, 1.82) is 0 Å². The van der Waals surface area contributed by atoms with E-state index in [1.165, 1.54) is 0 Å². The monoisotopic (exact) mass is 257 g/mol. The lowest BCUT2D eigenvalue weighted by Crippen LogP contribution is -2.14. The van der Waals surface area contributed by atoms with Gasteiger partial charge in [-0.15, -0.1) is 0 Å². The van der Waals surface area contributed by atoms with E-state index in [0.29, 0.717) is 28.4 Å². The first-order valence-electron chi connectivity index (χ1n) is 5.64. The molecule has 0 unspecified atom stereocenters. The van der Waals surface area contributed by atoms with E-state index in [1.807, 2.05) is 0 Å². The molecule has 6 heteroatoms. The molecule has 0 atom stereocenters. The van der Waals surface area contributed by atoms with Gasteiger partial charge in [0.2, 0.25) is 6.79 Å². The summed E-state index contributed by atoms with van der Waals surface area (Å²) in [4.78, 5) is 16.0. The van der Waals surface area contributed by atoms with Crippen molar-refractivity contribution in [2.24, 2.45) is 0 Å². The minimum absolute atomic E-state index is 0.143. The van der Waals surface area contributed by atoms with E-state index in [-0.39, 0.29) is 12.7 Å². The Morgan fingerprint density at radius 2 is 1.89 bits per heavy atom. The fourth-order valence-electron chi connectivity index (χ4n) is 1.79. The van der Waals surface area contributed by atoms with Crippen molar-refractivity contribution in [3.63, 3.8) is 0 Å². The van der Waals surface area contributed by atoms with Crippen LogP contribution in [0.4, 0.5) is 11.4 Å². The van der Waals surface area contributed by atoms with Crippen LogP contribution in [0.3, 0.4) is 0 Å². The predicted octanol–water partition coefficient (Wildman–Crippen LogP) is 1.64. The Labute approximate surface area is 109 Å². The fourth-order valence-corrected chi connectivity index (χ4v) is 1.79. The van der Waals surface area contributed by atoms with E-state index in [0.717, 1.165) is 0 Å². The summed E-state index contributed by atoms with van der Waals surface area (Å²) in [7, 11) is 0. The summed E-state index contributed by atoms with van der Waals surface area (Å²) in [5, 5.41) is 2.73. The molecule has 19 heavy (non-hydrogen) atoms. The Kier molecular flexibility index (Phi) is 2.68. The second-order valence-corrected chi connectivity index (χ2v) is 3.98. The number of amides is 1. The van der Waals surface area contributed by atoms with Crippen molar-refractivity contribution >= 4 is 17.3 Å². The predicted molar refractivity (Wildman–Crippen MR) is 69.2 cm³/mol. The Morgan fingerprint density at radius 3 is 2.63 bits per heavy atom. The molecule has 0 aliphatic carbocycles. The molecule has 1 aliphatic heterocycles. The van der Waals surface area contributed by atoms with Gasteiger partial charge in [-0.05, 0) is 18.2 Å². The van der Waals surface area contributed by atoms with E-state index in [9.17, 15) is 4.79 Å². The van der Waals surface area contributed by atoms with Crippen LogP contribution in [-0.4, -0.2) is 17.7 Å². The largest absolute Gasteiger partial charge is 0.454 e. The van der Waals surface area contributed by atoms with Gasteiger partial charge in [-0.3, -0.25) is 9.78 Å². The van der Waals surface area contributed by atoms with Crippen LogP contribution in [0, 0.1) is 0 Å². The van der Waals surface area contributed by atoms with Crippen LogP contribution in [0.1, 0.15) is 10.4 Å². The zero-order valence-corrected chi connectivity index (χ0v) is 9.92. The Bertz CT molecular complexity index is 629. The molecule has 3 N–H and O–H groups in total. The third-order valence-corrected chi connectivity index (χ3v) is 2.73. The molecule has 0 radical (unpaired) electrons. The first-order valence-corrected chi connectivity index (χ1v) is 5.64. The number of rotatable bonds is 2. The molecular weight excluding hydrogens is 246 g/mol. The molecule has 2 heterocycles. The molecule has 0 fully saturated rings. The SMILES string of the molecule is Nc1cc2c(cc1C(=O)Nc1ccncc1)OCO2. The average Bonchev–Trinajstić information content (AvgIpc) is 2.86. The van der Waals surface area contributed by atoms with Gasteiger partial charge in [0, 0.05) is 29.8 Å². The second kappa shape index (κ2) is 4.49. The summed E-state index contributed by atoms with van der Waals surface area (Å²) in [6.07, 6.45) is 3.19. The number of nitrogens with two attached hydrogens (primary N) is 1. The third-order valence-electron chi connectivity index (χ3n) is 2.73. The van der Waals surface area contributed by atoms with Crippen molar-refractivity contribution in [2.45, 2.75) is 0 Å². The van der Waals surface area contributed by atoms with Crippen LogP contribution in [-0.2, 0) is 0 Å². The van der Waals surface area contributed by atoms with Gasteiger partial charge in [-0.1, -0.05) is 0 Å². The van der Waals surface area contributed by atoms with Crippen LogP contribution < -0.4 is 20.5 Å². The molecule has 1 aliphatic rings. The number of hydrogen-bond acceptors (Lipinski definition) is 5. The number of nitrogens with zero attached hydrogens (tertiary/aromatic N) is 1. The first-order chi connectivity index (χ1) is 9.24. The van der Waals surface area contributed by atoms with E-state index >= 15 is 0 Å². The van der Waals surface area contributed by atoms with Gasteiger partial charge >= 0.3 is 0 Å². The molecule has 0 spiro atoms. The summed E-state index contributed by atoms with van der Waals surface area (Å²) in [6, 6.07) is 6.56. The van der Waals surface area contributed by atoms with Crippen LogP contribution in [0.15, 0.2) is 36.7 Å². The summed E-state index contributed by atoms with van der Waals surface area (Å²) < 4.78 is 10.4. The summed E-state index contributed by atoms with van der Waals surface area (Å²) in [5.41, 5.74) is 7.18. The molecule has 1 amide bonds. The number of benzene rings is 1. The smallest absolute Gasteiger partial charge is 0.257 e. The first kappa shape index (κ1) is 11.3. The molecule has 1 aromatic carbocycles. The average molecular weight is 257 g/mol. The van der Waals surface area contributed by atoms with E-state index in [1.54, 1.807) is 36.7 Å². The third kappa shape index (κ3) is 2.15. The number of nitrogen functional groups attached to an aromatic ring is 1. The van der Waals surface area contributed by atoms with E-state index in [4.69, 9.17) is 15.2 Å². The quantitative estimate of drug-likeness (QED) is 0.799. The second-order valence-electron chi connectivity index (χ2n) is 3.98. The number of carbonyl (C=O) groups is 1. The molecule has 3 rings (SSSR count). The fraction of sp³-hybridized carbons (Fsp3) is 0.0769. The molecule has 2 aromatic rings. The highest BCUT2D eigenvalue weighted by Gasteiger charge is 2.19. The van der Waals surface area contributed by atoms with Crippen LogP contribution in [0.25, 0.3) is 0 Å². The highest BCUT2D eigenvalue weighted by Crippen LogP contribution is 2.36. The highest BCUT2D eigenvalue weighted by molar-refractivity contribution is 6.08. The summed E-state index contributed by atoms with van der Waals surface area (Å²) >= 11 is 0. The zero-order valence-electron chi connectivity index (χ0n) is 9.92. The summed E-state index contributed by atoms with van der Waals surface area (Å²) in [5.74, 6) is 0.772. The van der Waals surface area contributed by atoms with Gasteiger partial charge in [0.1, 0.15) is 0 Å². The van der Waals surface area contributed by atoms with E-state index < -0.39 is 0 Å². The highest BCUT2D eigenvalue weighted by atomic mass is 16.7. The van der Waals surface area contributed by atoms with Gasteiger partial charge in [0.15, 0.2) is 11.5 Å². The van der Waals surface area contributed by atoms with Crippen molar-refractivity contribution in [3.8, 4) is 11.5 Å². The topological polar surface area (TPSA) is 86.5 Å². The van der Waals surface area contributed by atoms with Crippen molar-refractivity contribution < 1.29 is 14.3 Å². The molecule has 6 nitrogen and oxygen atoms in total. The molecule has 0 saturated carbocycles. The maximum Gasteiger partial charge on any atom is 0.257 e.